The van der Waals surface area contributed by atoms with E-state index in [1.807, 2.05) is 6.07 Å². The second kappa shape index (κ2) is 4.71. The van der Waals surface area contributed by atoms with Crippen molar-refractivity contribution in [3.63, 3.8) is 0 Å². The van der Waals surface area contributed by atoms with Gasteiger partial charge in [0.05, 0.1) is 5.69 Å². The first-order chi connectivity index (χ1) is 7.29. The summed E-state index contributed by atoms with van der Waals surface area (Å²) in [5, 5.41) is 3.62. The van der Waals surface area contributed by atoms with Crippen LogP contribution in [0.5, 0.6) is 0 Å². The SMILES string of the molecule is CC1(NCc2ccncn2)CCCCC1. The largest absolute Gasteiger partial charge is 0.306 e. The van der Waals surface area contributed by atoms with E-state index in [9.17, 15) is 0 Å². The van der Waals surface area contributed by atoms with Gasteiger partial charge in [-0.1, -0.05) is 19.3 Å². The highest BCUT2D eigenvalue weighted by Gasteiger charge is 2.25. The van der Waals surface area contributed by atoms with E-state index in [1.165, 1.54) is 32.1 Å². The van der Waals surface area contributed by atoms with Gasteiger partial charge in [-0.25, -0.2) is 9.97 Å². The van der Waals surface area contributed by atoms with Crippen molar-refractivity contribution < 1.29 is 0 Å². The lowest BCUT2D eigenvalue weighted by molar-refractivity contribution is 0.251. The summed E-state index contributed by atoms with van der Waals surface area (Å²) in [7, 11) is 0. The molecule has 1 N–H and O–H groups in total. The van der Waals surface area contributed by atoms with E-state index < -0.39 is 0 Å². The van der Waals surface area contributed by atoms with Crippen LogP contribution >= 0.6 is 0 Å². The van der Waals surface area contributed by atoms with Crippen LogP contribution < -0.4 is 5.32 Å². The van der Waals surface area contributed by atoms with Crippen molar-refractivity contribution in [2.75, 3.05) is 0 Å². The van der Waals surface area contributed by atoms with E-state index in [4.69, 9.17) is 0 Å². The Kier molecular flexibility index (Phi) is 3.31. The van der Waals surface area contributed by atoms with E-state index in [0.29, 0.717) is 5.54 Å². The molecule has 0 saturated heterocycles. The summed E-state index contributed by atoms with van der Waals surface area (Å²) in [6.45, 7) is 3.19. The smallest absolute Gasteiger partial charge is 0.115 e. The number of hydrogen-bond acceptors (Lipinski definition) is 3. The molecule has 0 bridgehead atoms. The summed E-state index contributed by atoms with van der Waals surface area (Å²) in [6, 6.07) is 1.97. The van der Waals surface area contributed by atoms with Crippen LogP contribution in [0.4, 0.5) is 0 Å². The van der Waals surface area contributed by atoms with Crippen LogP contribution in [0.15, 0.2) is 18.6 Å². The Balaban J connectivity index is 1.87. The molecule has 3 nitrogen and oxygen atoms in total. The molecule has 0 spiro atoms. The van der Waals surface area contributed by atoms with Crippen LogP contribution in [0.3, 0.4) is 0 Å². The number of aromatic nitrogens is 2. The summed E-state index contributed by atoms with van der Waals surface area (Å²) in [5.41, 5.74) is 1.40. The van der Waals surface area contributed by atoms with Gasteiger partial charge < -0.3 is 5.32 Å². The first-order valence-corrected chi connectivity index (χ1v) is 5.78. The van der Waals surface area contributed by atoms with Gasteiger partial charge in [-0.2, -0.15) is 0 Å². The number of hydrogen-bond donors (Lipinski definition) is 1. The Morgan fingerprint density at radius 2 is 2.13 bits per heavy atom. The molecular weight excluding hydrogens is 186 g/mol. The zero-order chi connectivity index (χ0) is 10.6. The minimum absolute atomic E-state index is 0.323. The molecule has 0 aromatic carbocycles. The minimum Gasteiger partial charge on any atom is -0.306 e. The Bertz CT molecular complexity index is 291. The zero-order valence-corrected chi connectivity index (χ0v) is 9.37. The van der Waals surface area contributed by atoms with Crippen LogP contribution in [-0.4, -0.2) is 15.5 Å². The van der Waals surface area contributed by atoms with Gasteiger partial charge in [0.15, 0.2) is 0 Å². The van der Waals surface area contributed by atoms with Crippen molar-refractivity contribution in [3.05, 3.63) is 24.3 Å². The summed E-state index contributed by atoms with van der Waals surface area (Å²) in [6.07, 6.45) is 10.1. The Morgan fingerprint density at radius 3 is 2.80 bits per heavy atom. The molecule has 1 aliphatic rings. The fourth-order valence-electron chi connectivity index (χ4n) is 2.24. The van der Waals surface area contributed by atoms with Gasteiger partial charge >= 0.3 is 0 Å². The molecule has 15 heavy (non-hydrogen) atoms. The van der Waals surface area contributed by atoms with Gasteiger partial charge in [-0.15, -0.1) is 0 Å². The highest BCUT2D eigenvalue weighted by atomic mass is 15.0. The molecule has 0 aliphatic heterocycles. The molecule has 0 atom stereocenters. The number of rotatable bonds is 3. The molecule has 1 saturated carbocycles. The molecule has 1 aromatic rings. The van der Waals surface area contributed by atoms with Gasteiger partial charge in [0.2, 0.25) is 0 Å². The molecule has 0 amide bonds. The third kappa shape index (κ3) is 2.99. The van der Waals surface area contributed by atoms with Crippen LogP contribution in [0.25, 0.3) is 0 Å². The summed E-state index contributed by atoms with van der Waals surface area (Å²) >= 11 is 0. The summed E-state index contributed by atoms with van der Waals surface area (Å²) < 4.78 is 0. The molecular formula is C12H19N3. The fraction of sp³-hybridized carbons (Fsp3) is 0.667. The van der Waals surface area contributed by atoms with Gasteiger partial charge in [0, 0.05) is 18.3 Å². The summed E-state index contributed by atoms with van der Waals surface area (Å²) in [5.74, 6) is 0. The maximum atomic E-state index is 4.22. The van der Waals surface area contributed by atoms with Gasteiger partial charge in [0.1, 0.15) is 6.33 Å². The van der Waals surface area contributed by atoms with Gasteiger partial charge in [0.25, 0.3) is 0 Å². The first-order valence-electron chi connectivity index (χ1n) is 5.78. The number of nitrogens with one attached hydrogen (secondary N) is 1. The van der Waals surface area contributed by atoms with Gasteiger partial charge in [-0.05, 0) is 25.8 Å². The number of nitrogens with zero attached hydrogens (tertiary/aromatic N) is 2. The normalized spacial score (nSPS) is 20.1. The maximum Gasteiger partial charge on any atom is 0.115 e. The van der Waals surface area contributed by atoms with E-state index in [2.05, 4.69) is 22.2 Å². The van der Waals surface area contributed by atoms with E-state index >= 15 is 0 Å². The quantitative estimate of drug-likeness (QED) is 0.822. The monoisotopic (exact) mass is 205 g/mol. The average Bonchev–Trinajstić information content (AvgIpc) is 2.29. The zero-order valence-electron chi connectivity index (χ0n) is 9.37. The second-order valence-corrected chi connectivity index (χ2v) is 4.68. The molecule has 82 valence electrons. The lowest BCUT2D eigenvalue weighted by Crippen LogP contribution is -2.43. The standard InChI is InChI=1S/C12H19N3/c1-12(6-3-2-4-7-12)15-9-11-5-8-13-10-14-11/h5,8,10,15H,2-4,6-7,9H2,1H3. The molecule has 0 radical (unpaired) electrons. The Hall–Kier alpha value is -0.960. The maximum absolute atomic E-state index is 4.22. The molecule has 1 aliphatic carbocycles. The van der Waals surface area contributed by atoms with Crippen LogP contribution in [0, 0.1) is 0 Å². The lowest BCUT2D eigenvalue weighted by atomic mass is 9.83. The lowest BCUT2D eigenvalue weighted by Gasteiger charge is -2.34. The first kappa shape index (κ1) is 10.6. The van der Waals surface area contributed by atoms with Crippen molar-refractivity contribution in [1.29, 1.82) is 0 Å². The van der Waals surface area contributed by atoms with Crippen LogP contribution in [0.1, 0.15) is 44.7 Å². The van der Waals surface area contributed by atoms with E-state index in [0.717, 1.165) is 12.2 Å². The van der Waals surface area contributed by atoms with E-state index in [-0.39, 0.29) is 0 Å². The second-order valence-electron chi connectivity index (χ2n) is 4.68. The predicted octanol–water partition coefficient (Wildman–Crippen LogP) is 2.29. The average molecular weight is 205 g/mol. The van der Waals surface area contributed by atoms with Crippen molar-refractivity contribution in [1.82, 2.24) is 15.3 Å². The van der Waals surface area contributed by atoms with E-state index in [1.54, 1.807) is 12.5 Å². The minimum atomic E-state index is 0.323. The molecule has 1 heterocycles. The van der Waals surface area contributed by atoms with Crippen LogP contribution in [-0.2, 0) is 6.54 Å². The van der Waals surface area contributed by atoms with Crippen LogP contribution in [0.2, 0.25) is 0 Å². The topological polar surface area (TPSA) is 37.8 Å². The Labute approximate surface area is 91.3 Å². The van der Waals surface area contributed by atoms with Crippen molar-refractivity contribution in [3.8, 4) is 0 Å². The Morgan fingerprint density at radius 1 is 1.33 bits per heavy atom. The third-order valence-electron chi connectivity index (χ3n) is 3.30. The third-order valence-corrected chi connectivity index (χ3v) is 3.30. The molecule has 2 rings (SSSR count). The molecule has 1 fully saturated rings. The summed E-state index contributed by atoms with van der Waals surface area (Å²) in [4.78, 5) is 8.14. The van der Waals surface area contributed by atoms with Crippen molar-refractivity contribution in [2.24, 2.45) is 0 Å². The highest BCUT2D eigenvalue weighted by molar-refractivity contribution is 4.99. The predicted molar refractivity (Wildman–Crippen MR) is 60.4 cm³/mol. The highest BCUT2D eigenvalue weighted by Crippen LogP contribution is 2.27. The molecule has 1 aromatic heterocycles. The molecule has 0 unspecified atom stereocenters. The molecule has 3 heteroatoms. The fourth-order valence-corrected chi connectivity index (χ4v) is 2.24. The van der Waals surface area contributed by atoms with Crippen molar-refractivity contribution >= 4 is 0 Å². The van der Waals surface area contributed by atoms with Gasteiger partial charge in [-0.3, -0.25) is 0 Å². The van der Waals surface area contributed by atoms with Crippen molar-refractivity contribution in [2.45, 2.75) is 51.1 Å².